The summed E-state index contributed by atoms with van der Waals surface area (Å²) in [5.74, 6) is 1.18. The number of para-hydroxylation sites is 2. The molecule has 4 rings (SSSR count). The average Bonchev–Trinajstić information content (AvgIpc) is 2.82. The Labute approximate surface area is 197 Å². The largest absolute Gasteiger partial charge is 0.453 e. The van der Waals surface area contributed by atoms with E-state index in [0.717, 1.165) is 48.9 Å². The van der Waals surface area contributed by atoms with Crippen LogP contribution in [0.3, 0.4) is 0 Å². The third-order valence-corrected chi connectivity index (χ3v) is 7.26. The first-order chi connectivity index (χ1) is 15.9. The van der Waals surface area contributed by atoms with Crippen LogP contribution in [0.15, 0.2) is 54.7 Å². The summed E-state index contributed by atoms with van der Waals surface area (Å²) >= 11 is 0. The van der Waals surface area contributed by atoms with Gasteiger partial charge in [-0.3, -0.25) is 9.45 Å². The number of ether oxygens (including phenoxy) is 1. The van der Waals surface area contributed by atoms with Crippen LogP contribution in [0.25, 0.3) is 0 Å². The number of hydrogen-bond acceptors (Lipinski definition) is 6. The molecule has 0 fully saturated rings. The van der Waals surface area contributed by atoms with Crippen LogP contribution in [0.2, 0.25) is 0 Å². The van der Waals surface area contributed by atoms with Gasteiger partial charge in [-0.05, 0) is 62.3 Å². The Balaban J connectivity index is 1.90. The molecule has 8 heteroatoms. The van der Waals surface area contributed by atoms with Gasteiger partial charge in [0, 0.05) is 13.1 Å². The van der Waals surface area contributed by atoms with Gasteiger partial charge in [-0.1, -0.05) is 38.1 Å². The Morgan fingerprint density at radius 1 is 1.06 bits per heavy atom. The van der Waals surface area contributed by atoms with E-state index >= 15 is 0 Å². The smallest absolute Gasteiger partial charge is 0.264 e. The van der Waals surface area contributed by atoms with Crippen molar-refractivity contribution in [3.05, 3.63) is 60.3 Å². The first-order valence-electron chi connectivity index (χ1n) is 11.7. The predicted octanol–water partition coefficient (Wildman–Crippen LogP) is 4.64. The van der Waals surface area contributed by atoms with E-state index in [1.807, 2.05) is 30.3 Å². The monoisotopic (exact) mass is 471 g/mol. The van der Waals surface area contributed by atoms with Gasteiger partial charge in [0.2, 0.25) is 0 Å². The fourth-order valence-electron chi connectivity index (χ4n) is 4.88. The predicted molar refractivity (Wildman–Crippen MR) is 132 cm³/mol. The normalized spacial score (nSPS) is 19.1. The van der Waals surface area contributed by atoms with Gasteiger partial charge in [-0.2, -0.15) is 8.42 Å². The number of aryl methyl sites for hydroxylation is 1. The molecule has 0 aliphatic carbocycles. The van der Waals surface area contributed by atoms with E-state index in [-0.39, 0.29) is 24.4 Å². The van der Waals surface area contributed by atoms with Crippen LogP contribution in [-0.2, 0) is 16.5 Å². The summed E-state index contributed by atoms with van der Waals surface area (Å²) in [5.41, 5.74) is 3.01. The van der Waals surface area contributed by atoms with Crippen molar-refractivity contribution < 1.29 is 17.7 Å². The van der Waals surface area contributed by atoms with Crippen LogP contribution >= 0.6 is 0 Å². The lowest BCUT2D eigenvalue weighted by atomic mass is 10.00. The maximum atomic E-state index is 11.9. The highest BCUT2D eigenvalue weighted by Crippen LogP contribution is 2.49. The number of benzene rings is 2. The Hall–Kier alpha value is -2.55. The maximum Gasteiger partial charge on any atom is 0.264 e. The highest BCUT2D eigenvalue weighted by Gasteiger charge is 2.40. The summed E-state index contributed by atoms with van der Waals surface area (Å²) in [6, 6.07) is 13.8. The Morgan fingerprint density at radius 2 is 1.82 bits per heavy atom. The fraction of sp³-hybridized carbons (Fsp3) is 0.440. The minimum absolute atomic E-state index is 0.0731. The molecule has 0 radical (unpaired) electrons. The molecule has 0 saturated heterocycles. The van der Waals surface area contributed by atoms with E-state index < -0.39 is 10.1 Å². The van der Waals surface area contributed by atoms with Gasteiger partial charge in [0.1, 0.15) is 6.17 Å². The van der Waals surface area contributed by atoms with Crippen molar-refractivity contribution in [2.45, 2.75) is 45.8 Å². The third kappa shape index (κ3) is 4.88. The second-order valence-electron chi connectivity index (χ2n) is 8.45. The Kier molecular flexibility index (Phi) is 6.97. The van der Waals surface area contributed by atoms with E-state index in [1.165, 1.54) is 5.56 Å². The van der Waals surface area contributed by atoms with Crippen LogP contribution in [0.1, 0.15) is 32.8 Å². The molecule has 33 heavy (non-hydrogen) atoms. The standard InChI is InChI=1S/C25H33N3O4S/c1-4-19-12-13-24-22(18-19)28(20-10-7-8-11-23(20)32-24)21(14-17-33(29,30)31)25-26(5-2)15-9-16-27(25)6-3/h7-13,15,18,21,25H,4-6,14,16-17H2,1-3H3,(H,29,30,31). The van der Waals surface area contributed by atoms with Crippen LogP contribution in [0.5, 0.6) is 11.5 Å². The zero-order valence-electron chi connectivity index (χ0n) is 19.5. The second-order valence-corrected chi connectivity index (χ2v) is 10.0. The number of anilines is 2. The van der Waals surface area contributed by atoms with Crippen molar-refractivity contribution in [2.75, 3.05) is 30.3 Å². The first-order valence-corrected chi connectivity index (χ1v) is 13.3. The van der Waals surface area contributed by atoms with Crippen molar-refractivity contribution >= 4 is 21.5 Å². The lowest BCUT2D eigenvalue weighted by molar-refractivity contribution is 0.0584. The van der Waals surface area contributed by atoms with Crippen molar-refractivity contribution in [1.29, 1.82) is 0 Å². The van der Waals surface area contributed by atoms with Crippen LogP contribution < -0.4 is 9.64 Å². The molecular formula is C25H33N3O4S. The summed E-state index contributed by atoms with van der Waals surface area (Å²) < 4.78 is 39.6. The molecule has 2 aliphatic heterocycles. The van der Waals surface area contributed by atoms with Crippen molar-refractivity contribution in [3.8, 4) is 11.5 Å². The third-order valence-electron chi connectivity index (χ3n) is 6.51. The highest BCUT2D eigenvalue weighted by molar-refractivity contribution is 7.85. The summed E-state index contributed by atoms with van der Waals surface area (Å²) in [7, 11) is -4.13. The molecule has 2 aromatic carbocycles. The van der Waals surface area contributed by atoms with E-state index in [0.29, 0.717) is 0 Å². The van der Waals surface area contributed by atoms with Crippen molar-refractivity contribution in [3.63, 3.8) is 0 Å². The molecular weight excluding hydrogens is 438 g/mol. The second kappa shape index (κ2) is 9.75. The molecule has 0 amide bonds. The van der Waals surface area contributed by atoms with Gasteiger partial charge >= 0.3 is 0 Å². The van der Waals surface area contributed by atoms with Crippen LogP contribution in [0, 0.1) is 0 Å². The fourth-order valence-corrected chi connectivity index (χ4v) is 5.42. The zero-order valence-corrected chi connectivity index (χ0v) is 20.3. The Morgan fingerprint density at radius 3 is 2.52 bits per heavy atom. The molecule has 0 aromatic heterocycles. The number of hydrogen-bond donors (Lipinski definition) is 1. The molecule has 2 heterocycles. The molecule has 2 aliphatic rings. The van der Waals surface area contributed by atoms with Gasteiger partial charge < -0.3 is 14.5 Å². The topological polar surface area (TPSA) is 73.3 Å². The van der Waals surface area contributed by atoms with Gasteiger partial charge in [-0.15, -0.1) is 0 Å². The number of fused-ring (bicyclic) bond motifs is 2. The summed E-state index contributed by atoms with van der Waals surface area (Å²) in [4.78, 5) is 6.83. The molecule has 1 N–H and O–H groups in total. The lowest BCUT2D eigenvalue weighted by Crippen LogP contribution is -2.60. The summed E-state index contributed by atoms with van der Waals surface area (Å²) in [5, 5.41) is 0. The van der Waals surface area contributed by atoms with Crippen molar-refractivity contribution in [1.82, 2.24) is 9.80 Å². The molecule has 2 aromatic rings. The maximum absolute atomic E-state index is 11.9. The summed E-state index contributed by atoms with van der Waals surface area (Å²) in [6.07, 6.45) is 5.32. The van der Waals surface area contributed by atoms with E-state index in [4.69, 9.17) is 4.74 Å². The van der Waals surface area contributed by atoms with E-state index in [2.05, 4.69) is 59.9 Å². The van der Waals surface area contributed by atoms with Gasteiger partial charge in [0.15, 0.2) is 11.5 Å². The molecule has 178 valence electrons. The molecule has 2 atom stereocenters. The Bertz CT molecular complexity index is 1120. The lowest BCUT2D eigenvalue weighted by Gasteiger charge is -2.50. The first kappa shape index (κ1) is 23.6. The number of likely N-dealkylation sites (N-methyl/N-ethyl adjacent to an activating group) is 2. The molecule has 0 saturated carbocycles. The number of nitrogens with zero attached hydrogens (tertiary/aromatic N) is 3. The minimum Gasteiger partial charge on any atom is -0.453 e. The zero-order chi connectivity index (χ0) is 23.6. The van der Waals surface area contributed by atoms with Crippen LogP contribution in [-0.4, -0.2) is 60.4 Å². The van der Waals surface area contributed by atoms with Gasteiger partial charge in [-0.25, -0.2) is 0 Å². The van der Waals surface area contributed by atoms with Gasteiger partial charge in [0.05, 0.1) is 23.2 Å². The minimum atomic E-state index is -4.13. The van der Waals surface area contributed by atoms with E-state index in [9.17, 15) is 13.0 Å². The average molecular weight is 472 g/mol. The van der Waals surface area contributed by atoms with E-state index in [1.54, 1.807) is 0 Å². The molecule has 0 spiro atoms. The molecule has 2 unspecified atom stereocenters. The molecule has 7 nitrogen and oxygen atoms in total. The highest BCUT2D eigenvalue weighted by atomic mass is 32.2. The summed E-state index contributed by atoms with van der Waals surface area (Å²) in [6.45, 7) is 8.73. The van der Waals surface area contributed by atoms with Crippen molar-refractivity contribution in [2.24, 2.45) is 0 Å². The van der Waals surface area contributed by atoms with Crippen LogP contribution in [0.4, 0.5) is 11.4 Å². The number of rotatable bonds is 8. The quantitative estimate of drug-likeness (QED) is 0.563. The van der Waals surface area contributed by atoms with Gasteiger partial charge in [0.25, 0.3) is 10.1 Å². The molecule has 0 bridgehead atoms. The SMILES string of the molecule is CCc1ccc2c(c1)N(C(CCS(=O)(=O)O)C1N(CC)C=CCN1CC)c1ccccc1O2.